The third-order valence-corrected chi connectivity index (χ3v) is 8.48. The molecule has 8 heteroatoms. The average molecular weight is 428 g/mol. The number of hydrogen-bond acceptors (Lipinski definition) is 5. The third kappa shape index (κ3) is 3.24. The molecular weight excluding hydrogens is 405 g/mol. The number of aromatic nitrogens is 2. The van der Waals surface area contributed by atoms with Crippen LogP contribution in [-0.4, -0.2) is 36.0 Å². The maximum atomic E-state index is 13.6. The first kappa shape index (κ1) is 19.4. The first-order valence-electron chi connectivity index (χ1n) is 10.0. The molecule has 2 aromatic carbocycles. The Balaban J connectivity index is 1.29. The molecule has 5 rings (SSSR count). The Morgan fingerprint density at radius 3 is 2.57 bits per heavy atom. The highest BCUT2D eigenvalue weighted by Gasteiger charge is 2.59. The standard InChI is InChI=1S/C22H22FN3O3S/c1-15-7-8-17(23)13-19(15)30(27,28)26-11-9-22(10-12-26)14-18(22)21-25-24-20(29-21)16-5-3-2-4-6-16/h2-8,13,18H,9-12,14H2,1H3. The Morgan fingerprint density at radius 2 is 1.83 bits per heavy atom. The van der Waals surface area contributed by atoms with Crippen molar-refractivity contribution in [2.45, 2.75) is 37.0 Å². The van der Waals surface area contributed by atoms with Crippen LogP contribution in [0.25, 0.3) is 11.5 Å². The van der Waals surface area contributed by atoms with E-state index < -0.39 is 15.8 Å². The zero-order valence-electron chi connectivity index (χ0n) is 16.6. The van der Waals surface area contributed by atoms with Gasteiger partial charge in [0.1, 0.15) is 5.82 Å². The molecule has 1 aliphatic carbocycles. The SMILES string of the molecule is Cc1ccc(F)cc1S(=O)(=O)N1CCC2(CC1)CC2c1nnc(-c2ccccc2)o1. The van der Waals surface area contributed by atoms with Crippen molar-refractivity contribution >= 4 is 10.0 Å². The van der Waals surface area contributed by atoms with Crippen molar-refractivity contribution in [1.82, 2.24) is 14.5 Å². The Morgan fingerprint density at radius 1 is 1.10 bits per heavy atom. The Labute approximate surface area is 174 Å². The lowest BCUT2D eigenvalue weighted by Crippen LogP contribution is -2.39. The minimum atomic E-state index is -3.71. The van der Waals surface area contributed by atoms with E-state index in [-0.39, 0.29) is 16.2 Å². The van der Waals surface area contributed by atoms with Crippen molar-refractivity contribution in [3.05, 3.63) is 65.8 Å². The highest BCUT2D eigenvalue weighted by Crippen LogP contribution is 2.64. The van der Waals surface area contributed by atoms with Crippen LogP contribution in [0.5, 0.6) is 0 Å². The fourth-order valence-corrected chi connectivity index (χ4v) is 6.16. The number of piperidine rings is 1. The summed E-state index contributed by atoms with van der Waals surface area (Å²) < 4.78 is 47.1. The number of hydrogen-bond donors (Lipinski definition) is 0. The summed E-state index contributed by atoms with van der Waals surface area (Å²) in [6, 6.07) is 13.5. The van der Waals surface area contributed by atoms with Gasteiger partial charge >= 0.3 is 0 Å². The maximum Gasteiger partial charge on any atom is 0.247 e. The highest BCUT2D eigenvalue weighted by atomic mass is 32.2. The summed E-state index contributed by atoms with van der Waals surface area (Å²) in [6.45, 7) is 2.51. The molecule has 1 spiro atoms. The summed E-state index contributed by atoms with van der Waals surface area (Å²) in [7, 11) is -3.71. The van der Waals surface area contributed by atoms with Crippen LogP contribution in [0.1, 0.15) is 36.6 Å². The molecule has 0 amide bonds. The van der Waals surface area contributed by atoms with Gasteiger partial charge in [-0.25, -0.2) is 12.8 Å². The van der Waals surface area contributed by atoms with Crippen molar-refractivity contribution in [2.75, 3.05) is 13.1 Å². The lowest BCUT2D eigenvalue weighted by Gasteiger charge is -2.32. The largest absolute Gasteiger partial charge is 0.420 e. The number of nitrogens with zero attached hydrogens (tertiary/aromatic N) is 3. The maximum absolute atomic E-state index is 13.6. The average Bonchev–Trinajstić information content (AvgIpc) is 3.21. The van der Waals surface area contributed by atoms with E-state index in [1.807, 2.05) is 30.3 Å². The molecule has 1 saturated carbocycles. The molecule has 1 unspecified atom stereocenters. The van der Waals surface area contributed by atoms with Crippen molar-refractivity contribution in [3.63, 3.8) is 0 Å². The Bertz CT molecular complexity index is 1190. The molecule has 2 fully saturated rings. The molecule has 1 saturated heterocycles. The van der Waals surface area contributed by atoms with Crippen LogP contribution in [0, 0.1) is 18.2 Å². The van der Waals surface area contributed by atoms with Crippen LogP contribution in [0.3, 0.4) is 0 Å². The van der Waals surface area contributed by atoms with Gasteiger partial charge in [-0.15, -0.1) is 10.2 Å². The molecule has 2 heterocycles. The van der Waals surface area contributed by atoms with Gasteiger partial charge in [-0.05, 0) is 61.4 Å². The van der Waals surface area contributed by atoms with E-state index in [9.17, 15) is 12.8 Å². The molecule has 30 heavy (non-hydrogen) atoms. The minimum absolute atomic E-state index is 0.0174. The van der Waals surface area contributed by atoms with E-state index in [4.69, 9.17) is 4.42 Å². The van der Waals surface area contributed by atoms with E-state index in [0.29, 0.717) is 30.4 Å². The fourth-order valence-electron chi connectivity index (χ4n) is 4.49. The molecule has 0 radical (unpaired) electrons. The summed E-state index contributed by atoms with van der Waals surface area (Å²) in [5, 5.41) is 8.43. The summed E-state index contributed by atoms with van der Waals surface area (Å²) in [6.07, 6.45) is 2.39. The Kier molecular flexibility index (Phi) is 4.52. The monoisotopic (exact) mass is 427 g/mol. The second-order valence-electron chi connectivity index (χ2n) is 8.24. The van der Waals surface area contributed by atoms with Crippen molar-refractivity contribution in [2.24, 2.45) is 5.41 Å². The summed E-state index contributed by atoms with van der Waals surface area (Å²) in [5.41, 5.74) is 1.46. The molecule has 2 aliphatic rings. The van der Waals surface area contributed by atoms with Crippen LogP contribution in [-0.2, 0) is 10.0 Å². The van der Waals surface area contributed by atoms with E-state index >= 15 is 0 Å². The van der Waals surface area contributed by atoms with Crippen LogP contribution in [0.4, 0.5) is 4.39 Å². The topological polar surface area (TPSA) is 76.3 Å². The van der Waals surface area contributed by atoms with Gasteiger partial charge in [-0.2, -0.15) is 4.31 Å². The van der Waals surface area contributed by atoms with Crippen LogP contribution in [0.2, 0.25) is 0 Å². The highest BCUT2D eigenvalue weighted by molar-refractivity contribution is 7.89. The molecule has 0 bridgehead atoms. The molecule has 3 aromatic rings. The van der Waals surface area contributed by atoms with E-state index in [2.05, 4.69) is 10.2 Å². The summed E-state index contributed by atoms with van der Waals surface area (Å²) >= 11 is 0. The second kappa shape index (κ2) is 6.99. The molecule has 0 N–H and O–H groups in total. The Hall–Kier alpha value is -2.58. The number of sulfonamides is 1. The summed E-state index contributed by atoms with van der Waals surface area (Å²) in [5.74, 6) is 0.768. The number of benzene rings is 2. The molecule has 6 nitrogen and oxygen atoms in total. The van der Waals surface area contributed by atoms with Gasteiger partial charge in [-0.3, -0.25) is 0 Å². The lowest BCUT2D eigenvalue weighted by molar-refractivity contribution is 0.246. The van der Waals surface area contributed by atoms with E-state index in [1.54, 1.807) is 6.92 Å². The quantitative estimate of drug-likeness (QED) is 0.625. The number of halogens is 1. The normalized spacial score (nSPS) is 21.1. The first-order chi connectivity index (χ1) is 14.4. The minimum Gasteiger partial charge on any atom is -0.420 e. The third-order valence-electron chi connectivity index (χ3n) is 6.44. The predicted molar refractivity (Wildman–Crippen MR) is 109 cm³/mol. The zero-order valence-corrected chi connectivity index (χ0v) is 17.4. The van der Waals surface area contributed by atoms with Crippen molar-refractivity contribution < 1.29 is 17.2 Å². The van der Waals surface area contributed by atoms with Crippen LogP contribution < -0.4 is 0 Å². The van der Waals surface area contributed by atoms with Crippen LogP contribution >= 0.6 is 0 Å². The van der Waals surface area contributed by atoms with Gasteiger partial charge in [0, 0.05) is 24.6 Å². The summed E-state index contributed by atoms with van der Waals surface area (Å²) in [4.78, 5) is 0.0511. The van der Waals surface area contributed by atoms with Gasteiger partial charge in [0.05, 0.1) is 4.90 Å². The van der Waals surface area contributed by atoms with E-state index in [0.717, 1.165) is 30.9 Å². The van der Waals surface area contributed by atoms with Crippen molar-refractivity contribution in [1.29, 1.82) is 0 Å². The molecule has 1 aromatic heterocycles. The molecule has 1 atom stereocenters. The molecule has 1 aliphatic heterocycles. The second-order valence-corrected chi connectivity index (χ2v) is 10.2. The van der Waals surface area contributed by atoms with E-state index in [1.165, 1.54) is 16.4 Å². The van der Waals surface area contributed by atoms with Gasteiger partial charge in [0.15, 0.2) is 0 Å². The zero-order chi connectivity index (χ0) is 20.9. The predicted octanol–water partition coefficient (Wildman–Crippen LogP) is 4.14. The number of rotatable bonds is 4. The van der Waals surface area contributed by atoms with Gasteiger partial charge in [0.25, 0.3) is 0 Å². The molecular formula is C22H22FN3O3S. The van der Waals surface area contributed by atoms with Gasteiger partial charge in [0.2, 0.25) is 21.8 Å². The van der Waals surface area contributed by atoms with Crippen LogP contribution in [0.15, 0.2) is 57.8 Å². The molecule has 156 valence electrons. The van der Waals surface area contributed by atoms with Crippen molar-refractivity contribution in [3.8, 4) is 11.5 Å². The van der Waals surface area contributed by atoms with Gasteiger partial charge < -0.3 is 4.42 Å². The lowest BCUT2D eigenvalue weighted by atomic mass is 9.92. The number of aryl methyl sites for hydroxylation is 1. The smallest absolute Gasteiger partial charge is 0.247 e. The van der Waals surface area contributed by atoms with Gasteiger partial charge in [-0.1, -0.05) is 24.3 Å². The fraction of sp³-hybridized carbons (Fsp3) is 0.364. The first-order valence-corrected chi connectivity index (χ1v) is 11.5.